The van der Waals surface area contributed by atoms with E-state index in [0.29, 0.717) is 6.54 Å². The molecule has 0 bridgehead atoms. The monoisotopic (exact) mass is 293 g/mol. The molecule has 2 rings (SSSR count). The van der Waals surface area contributed by atoms with Crippen LogP contribution in [0.15, 0.2) is 12.4 Å². The van der Waals surface area contributed by atoms with E-state index >= 15 is 0 Å². The van der Waals surface area contributed by atoms with E-state index in [1.807, 2.05) is 26.2 Å². The van der Waals surface area contributed by atoms with Crippen LogP contribution in [-0.4, -0.2) is 64.8 Å². The van der Waals surface area contributed by atoms with Gasteiger partial charge in [-0.25, -0.2) is 9.97 Å². The first-order valence-corrected chi connectivity index (χ1v) is 7.69. The Morgan fingerprint density at radius 1 is 1.19 bits per heavy atom. The minimum absolute atomic E-state index is 0.632. The second-order valence-electron chi connectivity index (χ2n) is 6.25. The Hall–Kier alpha value is -1.24. The third kappa shape index (κ3) is 5.22. The van der Waals surface area contributed by atoms with Gasteiger partial charge in [0.2, 0.25) is 5.95 Å². The Balaban J connectivity index is 1.84. The number of hydrogen-bond acceptors (Lipinski definition) is 6. The fourth-order valence-corrected chi connectivity index (χ4v) is 2.53. The number of anilines is 1. The molecule has 1 fully saturated rings. The average molecular weight is 293 g/mol. The predicted molar refractivity (Wildman–Crippen MR) is 84.4 cm³/mol. The van der Waals surface area contributed by atoms with Crippen LogP contribution in [0.5, 0.6) is 0 Å². The number of nitrogens with zero attached hydrogens (tertiary/aromatic N) is 4. The normalized spacial score (nSPS) is 17.2. The zero-order valence-electron chi connectivity index (χ0n) is 13.3. The molecule has 6 heteroatoms. The van der Waals surface area contributed by atoms with Crippen LogP contribution in [0.25, 0.3) is 0 Å². The summed E-state index contributed by atoms with van der Waals surface area (Å²) in [6.45, 7) is 12.0. The number of nitrogens with one attached hydrogen (secondary N) is 1. The Morgan fingerprint density at radius 2 is 1.81 bits per heavy atom. The Bertz CT molecular complexity index is 421. The molecule has 0 spiro atoms. The summed E-state index contributed by atoms with van der Waals surface area (Å²) in [7, 11) is 0. The molecule has 1 aromatic heterocycles. The molecule has 1 saturated heterocycles. The Morgan fingerprint density at radius 3 is 2.33 bits per heavy atom. The van der Waals surface area contributed by atoms with Crippen LogP contribution in [-0.2, 0) is 6.54 Å². The van der Waals surface area contributed by atoms with Crippen molar-refractivity contribution in [3.8, 4) is 0 Å². The summed E-state index contributed by atoms with van der Waals surface area (Å²) >= 11 is 0. The van der Waals surface area contributed by atoms with Gasteiger partial charge in [0.05, 0.1) is 5.60 Å². The summed E-state index contributed by atoms with van der Waals surface area (Å²) in [6, 6.07) is 0. The standard InChI is InChI=1S/C15H27N5O/c1-4-16-9-13-10-17-14(18-11-13)20-7-5-19(6-8-20)12-15(2,3)21/h10-11,16,21H,4-9,12H2,1-3H3. The van der Waals surface area contributed by atoms with Gasteiger partial charge in [0.1, 0.15) is 0 Å². The van der Waals surface area contributed by atoms with Crippen LogP contribution in [0.1, 0.15) is 26.3 Å². The van der Waals surface area contributed by atoms with Gasteiger partial charge in [-0.1, -0.05) is 6.92 Å². The van der Waals surface area contributed by atoms with Gasteiger partial charge in [0.15, 0.2) is 0 Å². The predicted octanol–water partition coefficient (Wildman–Crippen LogP) is 0.479. The molecule has 21 heavy (non-hydrogen) atoms. The highest BCUT2D eigenvalue weighted by Crippen LogP contribution is 2.13. The quantitative estimate of drug-likeness (QED) is 0.795. The van der Waals surface area contributed by atoms with Crippen molar-refractivity contribution in [3.05, 3.63) is 18.0 Å². The number of piperazine rings is 1. The summed E-state index contributed by atoms with van der Waals surface area (Å²) in [5, 5.41) is 13.1. The molecule has 1 aromatic rings. The molecule has 0 amide bonds. The molecule has 1 aliphatic rings. The van der Waals surface area contributed by atoms with E-state index in [-0.39, 0.29) is 0 Å². The number of β-amino-alcohol motifs (C(OH)–C–C–N with tert-alkyl or cyclic N) is 1. The number of rotatable bonds is 6. The molecule has 0 saturated carbocycles. The Kier molecular flexibility index (Phi) is 5.50. The maximum absolute atomic E-state index is 9.87. The fraction of sp³-hybridized carbons (Fsp3) is 0.733. The van der Waals surface area contributed by atoms with Gasteiger partial charge in [-0.2, -0.15) is 0 Å². The fourth-order valence-electron chi connectivity index (χ4n) is 2.53. The van der Waals surface area contributed by atoms with Gasteiger partial charge in [0.25, 0.3) is 0 Å². The van der Waals surface area contributed by atoms with Crippen LogP contribution in [0, 0.1) is 0 Å². The van der Waals surface area contributed by atoms with Crippen LogP contribution in [0.4, 0.5) is 5.95 Å². The average Bonchev–Trinajstić information content (AvgIpc) is 2.45. The van der Waals surface area contributed by atoms with Crippen molar-refractivity contribution in [2.45, 2.75) is 32.9 Å². The van der Waals surface area contributed by atoms with Crippen LogP contribution in [0.2, 0.25) is 0 Å². The molecule has 2 N–H and O–H groups in total. The summed E-state index contributed by atoms with van der Waals surface area (Å²) in [5.74, 6) is 0.804. The first-order valence-electron chi connectivity index (χ1n) is 7.69. The number of aliphatic hydroxyl groups is 1. The topological polar surface area (TPSA) is 64.5 Å². The molecule has 0 atom stereocenters. The van der Waals surface area contributed by atoms with E-state index in [1.165, 1.54) is 0 Å². The summed E-state index contributed by atoms with van der Waals surface area (Å²) in [5.41, 5.74) is 0.480. The number of aromatic nitrogens is 2. The van der Waals surface area contributed by atoms with E-state index in [0.717, 1.165) is 50.8 Å². The van der Waals surface area contributed by atoms with E-state index < -0.39 is 5.60 Å². The lowest BCUT2D eigenvalue weighted by molar-refractivity contribution is 0.0344. The SMILES string of the molecule is CCNCc1cnc(N2CCN(CC(C)(C)O)CC2)nc1. The summed E-state index contributed by atoms with van der Waals surface area (Å²) in [4.78, 5) is 13.4. The first kappa shape index (κ1) is 16.1. The minimum Gasteiger partial charge on any atom is -0.389 e. The van der Waals surface area contributed by atoms with Crippen molar-refractivity contribution >= 4 is 5.95 Å². The highest BCUT2D eigenvalue weighted by molar-refractivity contribution is 5.30. The van der Waals surface area contributed by atoms with Gasteiger partial charge in [-0.05, 0) is 20.4 Å². The van der Waals surface area contributed by atoms with Crippen LogP contribution in [0.3, 0.4) is 0 Å². The van der Waals surface area contributed by atoms with E-state index in [1.54, 1.807) is 0 Å². The third-order valence-electron chi connectivity index (χ3n) is 3.54. The summed E-state index contributed by atoms with van der Waals surface area (Å²) < 4.78 is 0. The summed E-state index contributed by atoms with van der Waals surface area (Å²) in [6.07, 6.45) is 3.79. The Labute approximate surface area is 127 Å². The van der Waals surface area contributed by atoms with Crippen molar-refractivity contribution < 1.29 is 5.11 Å². The molecule has 0 radical (unpaired) electrons. The van der Waals surface area contributed by atoms with Crippen molar-refractivity contribution in [2.24, 2.45) is 0 Å². The van der Waals surface area contributed by atoms with E-state index in [4.69, 9.17) is 0 Å². The lowest BCUT2D eigenvalue weighted by Crippen LogP contribution is -2.50. The lowest BCUT2D eigenvalue weighted by Gasteiger charge is -2.37. The second kappa shape index (κ2) is 7.15. The maximum atomic E-state index is 9.87. The van der Waals surface area contributed by atoms with Crippen LogP contribution >= 0.6 is 0 Å². The number of hydrogen-bond donors (Lipinski definition) is 2. The van der Waals surface area contributed by atoms with Gasteiger partial charge in [-0.15, -0.1) is 0 Å². The van der Waals surface area contributed by atoms with Crippen molar-refractivity contribution in [1.29, 1.82) is 0 Å². The van der Waals surface area contributed by atoms with E-state index in [9.17, 15) is 5.11 Å². The minimum atomic E-state index is -0.632. The zero-order valence-corrected chi connectivity index (χ0v) is 13.3. The van der Waals surface area contributed by atoms with Crippen molar-refractivity contribution in [2.75, 3.05) is 44.2 Å². The smallest absolute Gasteiger partial charge is 0.225 e. The molecule has 0 aromatic carbocycles. The van der Waals surface area contributed by atoms with Gasteiger partial charge >= 0.3 is 0 Å². The zero-order chi connectivity index (χ0) is 15.3. The molecular weight excluding hydrogens is 266 g/mol. The maximum Gasteiger partial charge on any atom is 0.225 e. The molecule has 0 aliphatic carbocycles. The molecule has 0 unspecified atom stereocenters. The second-order valence-corrected chi connectivity index (χ2v) is 6.25. The molecule has 118 valence electrons. The molecule has 2 heterocycles. The van der Waals surface area contributed by atoms with Gasteiger partial charge < -0.3 is 15.3 Å². The van der Waals surface area contributed by atoms with Crippen molar-refractivity contribution in [3.63, 3.8) is 0 Å². The molecular formula is C15H27N5O. The van der Waals surface area contributed by atoms with Gasteiger partial charge in [0, 0.05) is 57.2 Å². The lowest BCUT2D eigenvalue weighted by atomic mass is 10.1. The van der Waals surface area contributed by atoms with Crippen LogP contribution < -0.4 is 10.2 Å². The highest BCUT2D eigenvalue weighted by Gasteiger charge is 2.23. The largest absolute Gasteiger partial charge is 0.389 e. The van der Waals surface area contributed by atoms with Crippen molar-refractivity contribution in [1.82, 2.24) is 20.2 Å². The highest BCUT2D eigenvalue weighted by atomic mass is 16.3. The third-order valence-corrected chi connectivity index (χ3v) is 3.54. The molecule has 1 aliphatic heterocycles. The first-order chi connectivity index (χ1) is 9.98. The molecule has 6 nitrogen and oxygen atoms in total. The van der Waals surface area contributed by atoms with Gasteiger partial charge in [-0.3, -0.25) is 4.90 Å². The van der Waals surface area contributed by atoms with E-state index in [2.05, 4.69) is 32.0 Å².